The maximum absolute atomic E-state index is 12.5. The number of imidazole rings is 1. The van der Waals surface area contributed by atoms with Crippen molar-refractivity contribution in [2.45, 2.75) is 39.2 Å². The number of ether oxygens (including phenoxy) is 1. The number of hydrogen-bond acceptors (Lipinski definition) is 4. The number of para-hydroxylation sites is 2. The van der Waals surface area contributed by atoms with Crippen molar-refractivity contribution in [3.05, 3.63) is 53.9 Å². The third-order valence-corrected chi connectivity index (χ3v) is 5.90. The second kappa shape index (κ2) is 9.30. The third kappa shape index (κ3) is 5.00. The van der Waals surface area contributed by atoms with Crippen molar-refractivity contribution in [2.75, 3.05) is 25.5 Å². The van der Waals surface area contributed by atoms with E-state index in [-0.39, 0.29) is 5.91 Å². The molecule has 4 rings (SSSR count). The summed E-state index contributed by atoms with van der Waals surface area (Å²) in [5.74, 6) is 2.45. The summed E-state index contributed by atoms with van der Waals surface area (Å²) in [6, 6.07) is 13.9. The Morgan fingerprint density at radius 1 is 1.30 bits per heavy atom. The van der Waals surface area contributed by atoms with E-state index in [1.54, 1.807) is 7.11 Å². The monoisotopic (exact) mass is 406 g/mol. The van der Waals surface area contributed by atoms with Crippen LogP contribution in [0.4, 0.5) is 5.69 Å². The van der Waals surface area contributed by atoms with Gasteiger partial charge in [-0.25, -0.2) is 4.98 Å². The van der Waals surface area contributed by atoms with Gasteiger partial charge in [-0.3, -0.25) is 9.69 Å². The van der Waals surface area contributed by atoms with Gasteiger partial charge in [0.1, 0.15) is 11.6 Å². The van der Waals surface area contributed by atoms with Gasteiger partial charge in [-0.1, -0.05) is 12.1 Å². The van der Waals surface area contributed by atoms with Crippen molar-refractivity contribution < 1.29 is 9.53 Å². The average molecular weight is 407 g/mol. The van der Waals surface area contributed by atoms with Gasteiger partial charge in [0.2, 0.25) is 5.91 Å². The highest BCUT2D eigenvalue weighted by Crippen LogP contribution is 2.24. The number of carbonyl (C=O) groups is 1. The first-order valence-electron chi connectivity index (χ1n) is 10.7. The number of H-pyrrole nitrogens is 1. The molecule has 3 aromatic rings. The van der Waals surface area contributed by atoms with Crippen molar-refractivity contribution >= 4 is 22.6 Å². The number of fused-ring (bicyclic) bond motifs is 1. The number of amides is 1. The number of hydrogen-bond donors (Lipinski definition) is 2. The molecule has 30 heavy (non-hydrogen) atoms. The quantitative estimate of drug-likeness (QED) is 0.606. The van der Waals surface area contributed by atoms with Crippen LogP contribution in [-0.2, 0) is 11.3 Å². The van der Waals surface area contributed by atoms with E-state index in [4.69, 9.17) is 9.72 Å². The Kier molecular flexibility index (Phi) is 6.33. The largest absolute Gasteiger partial charge is 0.497 e. The summed E-state index contributed by atoms with van der Waals surface area (Å²) in [7, 11) is 1.65. The summed E-state index contributed by atoms with van der Waals surface area (Å²) in [5.41, 5.74) is 3.98. The Hall–Kier alpha value is -2.86. The van der Waals surface area contributed by atoms with E-state index >= 15 is 0 Å². The van der Waals surface area contributed by atoms with E-state index in [9.17, 15) is 4.79 Å². The molecule has 2 N–H and O–H groups in total. The molecule has 1 aliphatic heterocycles. The molecule has 0 spiro atoms. The SMILES string of the molecule is COc1ccc(NC(=O)CCC2CCCN(Cc3nc4ccccc4[nH]3)C2)c(C)c1. The van der Waals surface area contributed by atoms with Gasteiger partial charge in [0.25, 0.3) is 0 Å². The first kappa shape index (κ1) is 20.4. The van der Waals surface area contributed by atoms with Crippen LogP contribution in [0.2, 0.25) is 0 Å². The standard InChI is InChI=1S/C24H30N4O2/c1-17-14-19(30-2)10-11-20(17)27-24(29)12-9-18-6-5-13-28(15-18)16-23-25-21-7-3-4-8-22(21)26-23/h3-4,7-8,10-11,14,18H,5-6,9,12-13,15-16H2,1-2H3,(H,25,26)(H,27,29). The van der Waals surface area contributed by atoms with Gasteiger partial charge in [-0.15, -0.1) is 0 Å². The van der Waals surface area contributed by atoms with Crippen LogP contribution in [-0.4, -0.2) is 41.0 Å². The van der Waals surface area contributed by atoms with Crippen LogP contribution in [0.5, 0.6) is 5.75 Å². The van der Waals surface area contributed by atoms with Crippen molar-refractivity contribution in [1.29, 1.82) is 0 Å². The smallest absolute Gasteiger partial charge is 0.224 e. The Morgan fingerprint density at radius 2 is 2.17 bits per heavy atom. The van der Waals surface area contributed by atoms with Crippen molar-refractivity contribution in [3.8, 4) is 5.75 Å². The van der Waals surface area contributed by atoms with Gasteiger partial charge in [0.15, 0.2) is 0 Å². The topological polar surface area (TPSA) is 70.2 Å². The predicted molar refractivity (Wildman–Crippen MR) is 120 cm³/mol. The van der Waals surface area contributed by atoms with Crippen LogP contribution in [0.15, 0.2) is 42.5 Å². The van der Waals surface area contributed by atoms with Crippen LogP contribution in [0.25, 0.3) is 11.0 Å². The highest BCUT2D eigenvalue weighted by Gasteiger charge is 2.21. The normalized spacial score (nSPS) is 17.2. The van der Waals surface area contributed by atoms with Gasteiger partial charge >= 0.3 is 0 Å². The molecule has 2 aromatic carbocycles. The van der Waals surface area contributed by atoms with Crippen LogP contribution in [0.1, 0.15) is 37.1 Å². The molecule has 1 unspecified atom stereocenters. The number of rotatable bonds is 7. The molecule has 0 saturated carbocycles. The summed E-state index contributed by atoms with van der Waals surface area (Å²) < 4.78 is 5.23. The second-order valence-corrected chi connectivity index (χ2v) is 8.21. The molecule has 1 atom stereocenters. The zero-order valence-corrected chi connectivity index (χ0v) is 17.8. The number of aromatic amines is 1. The van der Waals surface area contributed by atoms with E-state index in [2.05, 4.69) is 21.3 Å². The lowest BCUT2D eigenvalue weighted by Gasteiger charge is -2.32. The van der Waals surface area contributed by atoms with Gasteiger partial charge in [-0.2, -0.15) is 0 Å². The minimum absolute atomic E-state index is 0.0812. The van der Waals surface area contributed by atoms with Gasteiger partial charge in [0, 0.05) is 18.7 Å². The molecule has 158 valence electrons. The maximum atomic E-state index is 12.5. The fraction of sp³-hybridized carbons (Fsp3) is 0.417. The minimum atomic E-state index is 0.0812. The fourth-order valence-electron chi connectivity index (χ4n) is 4.27. The van der Waals surface area contributed by atoms with Crippen LogP contribution < -0.4 is 10.1 Å². The number of anilines is 1. The number of aryl methyl sites for hydroxylation is 1. The molecule has 0 aliphatic carbocycles. The number of likely N-dealkylation sites (tertiary alicyclic amines) is 1. The van der Waals surface area contributed by atoms with Gasteiger partial charge in [0.05, 0.1) is 24.7 Å². The Bertz CT molecular complexity index is 980. The lowest BCUT2D eigenvalue weighted by atomic mass is 9.93. The highest BCUT2D eigenvalue weighted by molar-refractivity contribution is 5.91. The lowest BCUT2D eigenvalue weighted by molar-refractivity contribution is -0.116. The Labute approximate surface area is 177 Å². The number of benzene rings is 2. The number of aromatic nitrogens is 2. The number of piperidine rings is 1. The molecule has 1 aliphatic rings. The Balaban J connectivity index is 1.27. The molecule has 2 heterocycles. The zero-order chi connectivity index (χ0) is 20.9. The summed E-state index contributed by atoms with van der Waals surface area (Å²) >= 11 is 0. The number of methoxy groups -OCH3 is 1. The molecule has 1 fully saturated rings. The lowest BCUT2D eigenvalue weighted by Crippen LogP contribution is -2.35. The summed E-state index contributed by atoms with van der Waals surface area (Å²) in [6.07, 6.45) is 3.82. The molecule has 1 saturated heterocycles. The maximum Gasteiger partial charge on any atom is 0.224 e. The molecular formula is C24H30N4O2. The number of nitrogens with zero attached hydrogens (tertiary/aromatic N) is 2. The van der Waals surface area contributed by atoms with Crippen molar-refractivity contribution in [1.82, 2.24) is 14.9 Å². The fourth-order valence-corrected chi connectivity index (χ4v) is 4.27. The molecule has 6 nitrogen and oxygen atoms in total. The zero-order valence-electron chi connectivity index (χ0n) is 17.8. The molecule has 0 bridgehead atoms. The van der Waals surface area contributed by atoms with Crippen LogP contribution in [0, 0.1) is 12.8 Å². The minimum Gasteiger partial charge on any atom is -0.497 e. The first-order valence-corrected chi connectivity index (χ1v) is 10.7. The molecule has 1 aromatic heterocycles. The average Bonchev–Trinajstić information content (AvgIpc) is 3.16. The van der Waals surface area contributed by atoms with E-state index in [1.807, 2.05) is 43.3 Å². The number of carbonyl (C=O) groups excluding carboxylic acids is 1. The van der Waals surface area contributed by atoms with E-state index in [0.717, 1.165) is 59.9 Å². The van der Waals surface area contributed by atoms with Crippen molar-refractivity contribution in [3.63, 3.8) is 0 Å². The third-order valence-electron chi connectivity index (χ3n) is 5.90. The van der Waals surface area contributed by atoms with Crippen molar-refractivity contribution in [2.24, 2.45) is 5.92 Å². The van der Waals surface area contributed by atoms with Gasteiger partial charge in [-0.05, 0) is 74.5 Å². The summed E-state index contributed by atoms with van der Waals surface area (Å²) in [5, 5.41) is 3.04. The molecule has 0 radical (unpaired) electrons. The second-order valence-electron chi connectivity index (χ2n) is 8.21. The Morgan fingerprint density at radius 3 is 2.97 bits per heavy atom. The summed E-state index contributed by atoms with van der Waals surface area (Å²) in [4.78, 5) is 23.0. The van der Waals surface area contributed by atoms with Crippen LogP contribution >= 0.6 is 0 Å². The first-order chi connectivity index (χ1) is 14.6. The van der Waals surface area contributed by atoms with Crippen LogP contribution in [0.3, 0.4) is 0 Å². The molecule has 6 heteroatoms. The summed E-state index contributed by atoms with van der Waals surface area (Å²) in [6.45, 7) is 4.92. The van der Waals surface area contributed by atoms with Gasteiger partial charge < -0.3 is 15.0 Å². The van der Waals surface area contributed by atoms with E-state index in [1.165, 1.54) is 12.8 Å². The number of nitrogens with one attached hydrogen (secondary N) is 2. The molecule has 1 amide bonds. The van der Waals surface area contributed by atoms with E-state index in [0.29, 0.717) is 12.3 Å². The molecular weight excluding hydrogens is 376 g/mol. The highest BCUT2D eigenvalue weighted by atomic mass is 16.5. The predicted octanol–water partition coefficient (Wildman–Crippen LogP) is 4.51. The van der Waals surface area contributed by atoms with E-state index < -0.39 is 0 Å².